The van der Waals surface area contributed by atoms with Crippen LogP contribution in [0.4, 0.5) is 5.69 Å². The van der Waals surface area contributed by atoms with Crippen molar-refractivity contribution in [3.05, 3.63) is 63.1 Å². The van der Waals surface area contributed by atoms with E-state index in [0.29, 0.717) is 15.6 Å². The van der Waals surface area contributed by atoms with E-state index in [-0.39, 0.29) is 5.91 Å². The fourth-order valence-corrected chi connectivity index (χ4v) is 2.71. The van der Waals surface area contributed by atoms with Crippen molar-refractivity contribution < 1.29 is 4.79 Å². The van der Waals surface area contributed by atoms with Gasteiger partial charge in [-0.2, -0.15) is 5.10 Å². The molecule has 0 heterocycles. The zero-order valence-corrected chi connectivity index (χ0v) is 15.2. The van der Waals surface area contributed by atoms with Gasteiger partial charge in [-0.15, -0.1) is 0 Å². The van der Waals surface area contributed by atoms with Gasteiger partial charge in [0.2, 0.25) is 0 Å². The molecule has 0 aliphatic rings. The summed E-state index contributed by atoms with van der Waals surface area (Å²) in [6, 6.07) is 10.7. The van der Waals surface area contributed by atoms with Crippen molar-refractivity contribution in [2.75, 3.05) is 5.32 Å². The van der Waals surface area contributed by atoms with E-state index in [1.165, 1.54) is 6.21 Å². The van der Waals surface area contributed by atoms with E-state index in [2.05, 4.69) is 15.8 Å². The molecule has 1 amide bonds. The summed E-state index contributed by atoms with van der Waals surface area (Å²) in [5, 5.41) is 8.10. The molecule has 1 unspecified atom stereocenters. The number of anilines is 1. The fraction of sp³-hybridized carbons (Fsp3) is 0.222. The lowest BCUT2D eigenvalue weighted by Crippen LogP contribution is -2.35. The molecular weight excluding hydrogens is 345 g/mol. The maximum atomic E-state index is 12.2. The van der Waals surface area contributed by atoms with Crippen molar-refractivity contribution in [3.8, 4) is 0 Å². The number of nitrogens with one attached hydrogen (secondary N) is 2. The van der Waals surface area contributed by atoms with Crippen LogP contribution in [0.3, 0.4) is 0 Å². The third-order valence-electron chi connectivity index (χ3n) is 3.60. The van der Waals surface area contributed by atoms with Crippen LogP contribution in [-0.2, 0) is 4.79 Å². The molecule has 0 aromatic heterocycles. The number of hydrazone groups is 1. The Morgan fingerprint density at radius 3 is 2.21 bits per heavy atom. The first-order valence-electron chi connectivity index (χ1n) is 7.50. The molecule has 2 N–H and O–H groups in total. The highest BCUT2D eigenvalue weighted by Crippen LogP contribution is 2.22. The Labute approximate surface area is 151 Å². The Bertz CT molecular complexity index is 734. The minimum Gasteiger partial charge on any atom is -0.373 e. The lowest BCUT2D eigenvalue weighted by molar-refractivity contribution is -0.121. The van der Waals surface area contributed by atoms with Crippen LogP contribution in [0.25, 0.3) is 0 Å². The van der Waals surface area contributed by atoms with Crippen molar-refractivity contribution in [1.82, 2.24) is 5.43 Å². The Morgan fingerprint density at radius 1 is 1.08 bits per heavy atom. The van der Waals surface area contributed by atoms with Gasteiger partial charge in [-0.3, -0.25) is 4.79 Å². The molecule has 0 spiro atoms. The molecule has 0 bridgehead atoms. The van der Waals surface area contributed by atoms with Crippen LogP contribution in [0, 0.1) is 13.8 Å². The Hall–Kier alpha value is -2.04. The quantitative estimate of drug-likeness (QED) is 0.604. The number of para-hydroxylation sites is 1. The molecule has 0 saturated carbocycles. The van der Waals surface area contributed by atoms with Gasteiger partial charge >= 0.3 is 0 Å². The number of hydrogen-bond donors (Lipinski definition) is 2. The van der Waals surface area contributed by atoms with E-state index in [4.69, 9.17) is 23.2 Å². The van der Waals surface area contributed by atoms with Crippen LogP contribution in [0.1, 0.15) is 23.6 Å². The van der Waals surface area contributed by atoms with Crippen LogP contribution in [-0.4, -0.2) is 18.2 Å². The van der Waals surface area contributed by atoms with Crippen LogP contribution in [0.2, 0.25) is 10.0 Å². The summed E-state index contributed by atoms with van der Waals surface area (Å²) in [6.45, 7) is 5.77. The monoisotopic (exact) mass is 363 g/mol. The zero-order valence-electron chi connectivity index (χ0n) is 13.7. The summed E-state index contributed by atoms with van der Waals surface area (Å²) < 4.78 is 0. The number of aryl methyl sites for hydroxylation is 2. The van der Waals surface area contributed by atoms with Crippen LogP contribution < -0.4 is 10.7 Å². The van der Waals surface area contributed by atoms with E-state index >= 15 is 0 Å². The molecule has 0 aliphatic heterocycles. The second-order valence-corrected chi connectivity index (χ2v) is 6.32. The standard InChI is InChI=1S/C18H19Cl2N3O/c1-11-6-4-7-12(2)17(11)22-13(3)18(24)23-21-10-14-15(19)8-5-9-16(14)20/h4-10,13,22H,1-3H3,(H,23,24). The molecule has 0 aliphatic carbocycles. The van der Waals surface area contributed by atoms with Gasteiger partial charge in [-0.05, 0) is 44.0 Å². The minimum absolute atomic E-state index is 0.253. The van der Waals surface area contributed by atoms with Crippen molar-refractivity contribution in [2.24, 2.45) is 5.10 Å². The summed E-state index contributed by atoms with van der Waals surface area (Å²) in [6.07, 6.45) is 1.44. The van der Waals surface area contributed by atoms with E-state index in [1.807, 2.05) is 32.0 Å². The first kappa shape index (κ1) is 18.3. The van der Waals surface area contributed by atoms with Gasteiger partial charge in [0.15, 0.2) is 0 Å². The lowest BCUT2D eigenvalue weighted by Gasteiger charge is -2.17. The Balaban J connectivity index is 2.01. The SMILES string of the molecule is Cc1cccc(C)c1NC(C)C(=O)NN=Cc1c(Cl)cccc1Cl. The molecule has 1 atom stereocenters. The molecule has 2 rings (SSSR count). The van der Waals surface area contributed by atoms with Crippen molar-refractivity contribution in [3.63, 3.8) is 0 Å². The highest BCUT2D eigenvalue weighted by atomic mass is 35.5. The number of carbonyl (C=O) groups excluding carboxylic acids is 1. The maximum absolute atomic E-state index is 12.2. The molecule has 0 fully saturated rings. The van der Waals surface area contributed by atoms with Crippen LogP contribution in [0.15, 0.2) is 41.5 Å². The van der Waals surface area contributed by atoms with Crippen molar-refractivity contribution in [1.29, 1.82) is 0 Å². The number of benzene rings is 2. The number of rotatable bonds is 5. The summed E-state index contributed by atoms with van der Waals surface area (Å²) in [7, 11) is 0. The molecule has 126 valence electrons. The number of nitrogens with zero attached hydrogens (tertiary/aromatic N) is 1. The topological polar surface area (TPSA) is 53.5 Å². The molecule has 0 radical (unpaired) electrons. The molecule has 6 heteroatoms. The van der Waals surface area contributed by atoms with Gasteiger partial charge in [0.1, 0.15) is 6.04 Å². The first-order valence-corrected chi connectivity index (χ1v) is 8.25. The summed E-state index contributed by atoms with van der Waals surface area (Å²) in [4.78, 5) is 12.2. The van der Waals surface area contributed by atoms with Gasteiger partial charge in [0.25, 0.3) is 5.91 Å². The Kier molecular flexibility index (Phi) is 6.23. The lowest BCUT2D eigenvalue weighted by atomic mass is 10.1. The summed E-state index contributed by atoms with van der Waals surface area (Å²) in [5.74, 6) is -0.253. The van der Waals surface area contributed by atoms with E-state index in [0.717, 1.165) is 16.8 Å². The third-order valence-corrected chi connectivity index (χ3v) is 4.26. The number of halogens is 2. The van der Waals surface area contributed by atoms with Gasteiger partial charge in [-0.25, -0.2) is 5.43 Å². The zero-order chi connectivity index (χ0) is 17.7. The van der Waals surface area contributed by atoms with E-state index in [9.17, 15) is 4.79 Å². The van der Waals surface area contributed by atoms with Gasteiger partial charge < -0.3 is 5.32 Å². The third kappa shape index (κ3) is 4.49. The van der Waals surface area contributed by atoms with Gasteiger partial charge in [-0.1, -0.05) is 47.5 Å². The van der Waals surface area contributed by atoms with Crippen LogP contribution >= 0.6 is 23.2 Å². The molecular formula is C18H19Cl2N3O. The van der Waals surface area contributed by atoms with E-state index < -0.39 is 6.04 Å². The first-order chi connectivity index (χ1) is 11.4. The second-order valence-electron chi connectivity index (χ2n) is 5.50. The smallest absolute Gasteiger partial charge is 0.262 e. The van der Waals surface area contributed by atoms with E-state index in [1.54, 1.807) is 25.1 Å². The normalized spacial score (nSPS) is 12.2. The predicted octanol–water partition coefficient (Wildman–Crippen LogP) is 4.56. The molecule has 0 saturated heterocycles. The molecule has 4 nitrogen and oxygen atoms in total. The minimum atomic E-state index is -0.441. The van der Waals surface area contributed by atoms with Crippen LogP contribution in [0.5, 0.6) is 0 Å². The Morgan fingerprint density at radius 2 is 1.62 bits per heavy atom. The highest BCUT2D eigenvalue weighted by molar-refractivity contribution is 6.38. The number of carbonyl (C=O) groups is 1. The number of hydrogen-bond acceptors (Lipinski definition) is 3. The van der Waals surface area contributed by atoms with Crippen molar-refractivity contribution >= 4 is 41.0 Å². The summed E-state index contributed by atoms with van der Waals surface area (Å²) >= 11 is 12.1. The number of amides is 1. The predicted molar refractivity (Wildman–Crippen MR) is 101 cm³/mol. The van der Waals surface area contributed by atoms with Crippen molar-refractivity contribution in [2.45, 2.75) is 26.8 Å². The second kappa shape index (κ2) is 8.18. The molecule has 24 heavy (non-hydrogen) atoms. The summed E-state index contributed by atoms with van der Waals surface area (Å²) in [5.41, 5.74) is 6.19. The average molecular weight is 364 g/mol. The molecule has 2 aromatic carbocycles. The van der Waals surface area contributed by atoms with Gasteiger partial charge in [0, 0.05) is 11.3 Å². The maximum Gasteiger partial charge on any atom is 0.262 e. The fourth-order valence-electron chi connectivity index (χ4n) is 2.22. The van der Waals surface area contributed by atoms with Gasteiger partial charge in [0.05, 0.1) is 16.3 Å². The highest BCUT2D eigenvalue weighted by Gasteiger charge is 2.14. The average Bonchev–Trinajstić information content (AvgIpc) is 2.53. The molecule has 2 aromatic rings. The largest absolute Gasteiger partial charge is 0.373 e.